The molecule has 0 unspecified atom stereocenters. The van der Waals surface area contributed by atoms with Crippen LogP contribution in [0.2, 0.25) is 0 Å². The first-order valence-electron chi connectivity index (χ1n) is 15.3. The maximum Gasteiger partial charge on any atom is 0.490 e. The monoisotopic (exact) mass is 662 g/mol. The number of amidine groups is 1. The van der Waals surface area contributed by atoms with Crippen molar-refractivity contribution in [3.8, 4) is 11.5 Å². The summed E-state index contributed by atoms with van der Waals surface area (Å²) in [5, 5.41) is 11.4. The molecule has 2 aliphatic rings. The summed E-state index contributed by atoms with van der Waals surface area (Å²) in [7, 11) is 2.98. The van der Waals surface area contributed by atoms with Crippen molar-refractivity contribution in [3.05, 3.63) is 52.1 Å². The van der Waals surface area contributed by atoms with Crippen molar-refractivity contribution in [3.63, 3.8) is 0 Å². The molecule has 0 aromatic heterocycles. The fourth-order valence-electron chi connectivity index (χ4n) is 5.83. The average Bonchev–Trinajstić information content (AvgIpc) is 3.54. The highest BCUT2D eigenvalue weighted by Crippen LogP contribution is 2.42. The number of rotatable bonds is 11. The number of anilines is 1. The first kappa shape index (κ1) is 35.5. The number of carbonyl (C=O) groups is 3. The van der Waals surface area contributed by atoms with Gasteiger partial charge in [-0.2, -0.15) is 13.2 Å². The summed E-state index contributed by atoms with van der Waals surface area (Å²) in [6.45, 7) is 9.89. The second kappa shape index (κ2) is 13.8. The summed E-state index contributed by atoms with van der Waals surface area (Å²) in [6.07, 6.45) is -7.22. The summed E-state index contributed by atoms with van der Waals surface area (Å²) < 4.78 is 61.1. The molecule has 256 valence electrons. The van der Waals surface area contributed by atoms with Gasteiger partial charge in [-0.1, -0.05) is 20.8 Å². The van der Waals surface area contributed by atoms with Gasteiger partial charge in [0.15, 0.2) is 5.78 Å². The molecule has 0 radical (unpaired) electrons. The lowest BCUT2D eigenvalue weighted by molar-refractivity contribution is -0.208. The fraction of sp³-hybridized carbons (Fsp3) is 0.515. The van der Waals surface area contributed by atoms with Crippen LogP contribution in [0.4, 0.5) is 18.9 Å². The van der Waals surface area contributed by atoms with Gasteiger partial charge >= 0.3 is 12.1 Å². The summed E-state index contributed by atoms with van der Waals surface area (Å²) in [5.41, 5.74) is 2.46. The molecule has 0 saturated carbocycles. The van der Waals surface area contributed by atoms with Crippen LogP contribution in [0.3, 0.4) is 0 Å². The molecule has 2 heterocycles. The van der Waals surface area contributed by atoms with E-state index in [2.05, 4.69) is 5.32 Å². The van der Waals surface area contributed by atoms with E-state index in [4.69, 9.17) is 24.4 Å². The predicted molar refractivity (Wildman–Crippen MR) is 168 cm³/mol. The van der Waals surface area contributed by atoms with Gasteiger partial charge in [-0.3, -0.25) is 15.0 Å². The van der Waals surface area contributed by atoms with Crippen LogP contribution in [0.15, 0.2) is 24.3 Å². The van der Waals surface area contributed by atoms with E-state index in [9.17, 15) is 27.6 Å². The Hall–Kier alpha value is -4.33. The first-order chi connectivity index (χ1) is 22.0. The quantitative estimate of drug-likeness (QED) is 0.264. The Bertz CT molecular complexity index is 1550. The van der Waals surface area contributed by atoms with Crippen LogP contribution in [-0.4, -0.2) is 93.8 Å². The van der Waals surface area contributed by atoms with Crippen LogP contribution in [0.5, 0.6) is 11.5 Å². The molecule has 2 aromatic carbocycles. The average molecular weight is 663 g/mol. The zero-order valence-corrected chi connectivity index (χ0v) is 27.6. The smallest absolute Gasteiger partial charge is 0.490 e. The number of alkyl halides is 3. The number of halogens is 3. The van der Waals surface area contributed by atoms with Crippen LogP contribution in [0.25, 0.3) is 0 Å². The molecule has 2 N–H and O–H groups in total. The number of nitrogens with one attached hydrogen (secondary N) is 2. The summed E-state index contributed by atoms with van der Waals surface area (Å²) in [5.74, 6) is -2.07. The highest BCUT2D eigenvalue weighted by molar-refractivity contribution is 6.08. The van der Waals surface area contributed by atoms with Crippen molar-refractivity contribution in [1.29, 1.82) is 5.41 Å². The van der Waals surface area contributed by atoms with E-state index in [1.807, 2.05) is 20.8 Å². The number of fused-ring (bicyclic) bond motifs is 1. The van der Waals surface area contributed by atoms with Crippen LogP contribution in [0.1, 0.15) is 72.0 Å². The van der Waals surface area contributed by atoms with Crippen molar-refractivity contribution in [1.82, 2.24) is 10.2 Å². The number of ether oxygens (including phenoxy) is 4. The third kappa shape index (κ3) is 7.47. The number of amides is 1. The highest BCUT2D eigenvalue weighted by atomic mass is 19.4. The molecule has 2 aromatic rings. The lowest BCUT2D eigenvalue weighted by Gasteiger charge is -2.29. The van der Waals surface area contributed by atoms with E-state index in [0.29, 0.717) is 40.5 Å². The molecule has 4 rings (SSSR count). The number of esters is 1. The minimum absolute atomic E-state index is 0.0831. The van der Waals surface area contributed by atoms with Crippen LogP contribution in [-0.2, 0) is 26.2 Å². The maximum atomic E-state index is 13.9. The van der Waals surface area contributed by atoms with E-state index < -0.39 is 29.8 Å². The minimum atomic E-state index is -5.16. The molecule has 2 atom stereocenters. The van der Waals surface area contributed by atoms with Gasteiger partial charge in [-0.05, 0) is 49.1 Å². The lowest BCUT2D eigenvalue weighted by atomic mass is 9.84. The summed E-state index contributed by atoms with van der Waals surface area (Å²) >= 11 is 0. The van der Waals surface area contributed by atoms with Crippen molar-refractivity contribution in [2.75, 3.05) is 51.9 Å². The van der Waals surface area contributed by atoms with Gasteiger partial charge in [0.2, 0.25) is 0 Å². The lowest BCUT2D eigenvalue weighted by Crippen LogP contribution is -2.37. The van der Waals surface area contributed by atoms with Crippen molar-refractivity contribution in [2.45, 2.75) is 65.0 Å². The van der Waals surface area contributed by atoms with Gasteiger partial charge < -0.3 is 34.1 Å². The molecule has 0 spiro atoms. The predicted octanol–water partition coefficient (Wildman–Crippen LogP) is 4.47. The van der Waals surface area contributed by atoms with Gasteiger partial charge in [0.05, 0.1) is 38.1 Å². The second-order valence-corrected chi connectivity index (χ2v) is 12.3. The van der Waals surface area contributed by atoms with Crippen molar-refractivity contribution >= 4 is 29.2 Å². The first-order valence-corrected chi connectivity index (χ1v) is 15.3. The van der Waals surface area contributed by atoms with Gasteiger partial charge in [-0.15, -0.1) is 0 Å². The molecule has 1 amide bonds. The molecule has 2 aliphatic heterocycles. The Morgan fingerprint density at radius 1 is 1.02 bits per heavy atom. The molecule has 0 aliphatic carbocycles. The Morgan fingerprint density at radius 2 is 1.70 bits per heavy atom. The number of methoxy groups -OCH3 is 1. The number of ketones is 1. The van der Waals surface area contributed by atoms with Crippen LogP contribution < -0.4 is 19.7 Å². The third-order valence-corrected chi connectivity index (χ3v) is 8.07. The van der Waals surface area contributed by atoms with E-state index >= 15 is 0 Å². The number of Topliss-reactive ketones (excluding diaryl/α,β-unsaturated/α-hetero) is 1. The number of hydrogen-bond acceptors (Lipinski definition) is 9. The largest absolute Gasteiger partial charge is 0.494 e. The molecule has 11 nitrogen and oxygen atoms in total. The normalized spacial score (nSPS) is 17.9. The Balaban J connectivity index is 1.67. The van der Waals surface area contributed by atoms with Gasteiger partial charge in [0.1, 0.15) is 29.5 Å². The number of carbonyl (C=O) groups excluding carboxylic acids is 3. The molecular weight excluding hydrogens is 621 g/mol. The molecular formula is C33H41F3N4O7. The van der Waals surface area contributed by atoms with E-state index in [-0.39, 0.29) is 55.9 Å². The standard InChI is InChI=1S/C33H41F3N4O7/c1-8-45-25-12-19-14-40(29(37)20(19)13-21(25)30(42)38-6)15-24(41)18-10-22(32(3,4)5)28(44-7)23(11-18)39-16-26(46-9-2)27(17-39)47-31(43)33(34,35)36/h10-13,26-27,37H,8-9,14-17H2,1-7H3,(H,38,42)/t26-,27-/m0/s1. The van der Waals surface area contributed by atoms with Gasteiger partial charge in [-0.25, -0.2) is 4.79 Å². The number of benzene rings is 2. The maximum absolute atomic E-state index is 13.9. The summed E-state index contributed by atoms with van der Waals surface area (Å²) in [6, 6.07) is 6.65. The van der Waals surface area contributed by atoms with E-state index in [0.717, 1.165) is 5.56 Å². The minimum Gasteiger partial charge on any atom is -0.494 e. The number of hydrogen-bond donors (Lipinski definition) is 2. The number of nitrogens with zero attached hydrogens (tertiary/aromatic N) is 2. The Morgan fingerprint density at radius 3 is 2.28 bits per heavy atom. The van der Waals surface area contributed by atoms with Crippen molar-refractivity contribution < 1.29 is 46.5 Å². The molecule has 1 fully saturated rings. The Labute approximate surface area is 271 Å². The van der Waals surface area contributed by atoms with Gasteiger partial charge in [0.25, 0.3) is 5.91 Å². The van der Waals surface area contributed by atoms with Crippen LogP contribution in [0, 0.1) is 5.41 Å². The zero-order valence-electron chi connectivity index (χ0n) is 27.6. The van der Waals surface area contributed by atoms with Gasteiger partial charge in [0, 0.05) is 43.4 Å². The molecule has 47 heavy (non-hydrogen) atoms. The fourth-order valence-corrected chi connectivity index (χ4v) is 5.83. The molecule has 14 heteroatoms. The zero-order chi connectivity index (χ0) is 34.8. The second-order valence-electron chi connectivity index (χ2n) is 12.3. The van der Waals surface area contributed by atoms with Crippen molar-refractivity contribution in [2.24, 2.45) is 0 Å². The third-order valence-electron chi connectivity index (χ3n) is 8.07. The van der Waals surface area contributed by atoms with E-state index in [1.165, 1.54) is 14.2 Å². The SMILES string of the molecule is CCOc1cc2c(cc1C(=O)NC)C(=N)N(CC(=O)c1cc(N3C[C@H](OCC)[C@@H](OC(=O)C(F)(F)F)C3)c(OC)c(C(C)(C)C)c1)C2. The Kier molecular flexibility index (Phi) is 10.4. The molecule has 0 bridgehead atoms. The van der Waals surface area contributed by atoms with Crippen LogP contribution >= 0.6 is 0 Å². The highest BCUT2D eigenvalue weighted by Gasteiger charge is 2.46. The summed E-state index contributed by atoms with van der Waals surface area (Å²) in [4.78, 5) is 41.4. The topological polar surface area (TPSA) is 130 Å². The molecule has 1 saturated heterocycles. The van der Waals surface area contributed by atoms with E-state index in [1.54, 1.807) is 47.9 Å².